The molecule has 1 heterocycles. The average molecular weight is 226 g/mol. The summed E-state index contributed by atoms with van der Waals surface area (Å²) in [5.41, 5.74) is -0.376. The van der Waals surface area contributed by atoms with Gasteiger partial charge < -0.3 is 15.7 Å². The molecule has 2 amide bonds. The SMILES string of the molecule is O=C1CCC(C(=O)NC2(CO)CCC2)CN1. The zero-order valence-corrected chi connectivity index (χ0v) is 9.29. The van der Waals surface area contributed by atoms with Gasteiger partial charge in [-0.3, -0.25) is 9.59 Å². The summed E-state index contributed by atoms with van der Waals surface area (Å²) in [5, 5.41) is 14.9. The first kappa shape index (κ1) is 11.4. The van der Waals surface area contributed by atoms with Crippen LogP contribution in [0.1, 0.15) is 32.1 Å². The van der Waals surface area contributed by atoms with Crippen molar-refractivity contribution in [2.45, 2.75) is 37.6 Å². The number of carbonyl (C=O) groups is 2. The number of aliphatic hydroxyl groups excluding tert-OH is 1. The molecule has 3 N–H and O–H groups in total. The van der Waals surface area contributed by atoms with Gasteiger partial charge >= 0.3 is 0 Å². The summed E-state index contributed by atoms with van der Waals surface area (Å²) in [6.07, 6.45) is 3.80. The van der Waals surface area contributed by atoms with Crippen LogP contribution < -0.4 is 10.6 Å². The molecule has 1 saturated carbocycles. The highest BCUT2D eigenvalue weighted by atomic mass is 16.3. The van der Waals surface area contributed by atoms with Gasteiger partial charge in [0.05, 0.1) is 18.1 Å². The highest BCUT2D eigenvalue weighted by molar-refractivity contribution is 5.84. The third-order valence-corrected chi connectivity index (χ3v) is 3.64. The number of hydrogen-bond donors (Lipinski definition) is 3. The van der Waals surface area contributed by atoms with Crippen LogP contribution in [-0.4, -0.2) is 35.6 Å². The third kappa shape index (κ3) is 2.19. The predicted molar refractivity (Wildman–Crippen MR) is 57.5 cm³/mol. The number of aliphatic hydroxyl groups is 1. The van der Waals surface area contributed by atoms with Crippen LogP contribution in [0.25, 0.3) is 0 Å². The number of nitrogens with one attached hydrogen (secondary N) is 2. The maximum atomic E-state index is 11.9. The van der Waals surface area contributed by atoms with Crippen molar-refractivity contribution >= 4 is 11.8 Å². The molecule has 2 fully saturated rings. The molecule has 1 saturated heterocycles. The minimum atomic E-state index is -0.376. The Balaban J connectivity index is 1.85. The van der Waals surface area contributed by atoms with E-state index >= 15 is 0 Å². The molecule has 1 aliphatic carbocycles. The Morgan fingerprint density at radius 1 is 1.56 bits per heavy atom. The lowest BCUT2D eigenvalue weighted by Gasteiger charge is -2.42. The van der Waals surface area contributed by atoms with Crippen LogP contribution in [0, 0.1) is 5.92 Å². The first-order chi connectivity index (χ1) is 7.65. The fourth-order valence-electron chi connectivity index (χ4n) is 2.25. The highest BCUT2D eigenvalue weighted by Crippen LogP contribution is 2.31. The van der Waals surface area contributed by atoms with Crippen molar-refractivity contribution in [1.82, 2.24) is 10.6 Å². The second kappa shape index (κ2) is 4.41. The van der Waals surface area contributed by atoms with Crippen LogP contribution in [0.3, 0.4) is 0 Å². The second-order valence-corrected chi connectivity index (χ2v) is 4.82. The Labute approximate surface area is 94.6 Å². The minimum absolute atomic E-state index is 0.0117. The van der Waals surface area contributed by atoms with Gasteiger partial charge in [0, 0.05) is 13.0 Å². The van der Waals surface area contributed by atoms with Crippen molar-refractivity contribution in [3.8, 4) is 0 Å². The largest absolute Gasteiger partial charge is 0.394 e. The molecule has 1 aliphatic heterocycles. The van der Waals surface area contributed by atoms with Crippen molar-refractivity contribution < 1.29 is 14.7 Å². The molecule has 2 aliphatic rings. The van der Waals surface area contributed by atoms with Crippen LogP contribution in [0.15, 0.2) is 0 Å². The summed E-state index contributed by atoms with van der Waals surface area (Å²) < 4.78 is 0. The number of hydrogen-bond acceptors (Lipinski definition) is 3. The van der Waals surface area contributed by atoms with Crippen LogP contribution in [0.4, 0.5) is 0 Å². The summed E-state index contributed by atoms with van der Waals surface area (Å²) in [4.78, 5) is 22.9. The Hall–Kier alpha value is -1.10. The van der Waals surface area contributed by atoms with E-state index in [0.717, 1.165) is 19.3 Å². The van der Waals surface area contributed by atoms with E-state index in [1.54, 1.807) is 0 Å². The van der Waals surface area contributed by atoms with Gasteiger partial charge in [-0.25, -0.2) is 0 Å². The van der Waals surface area contributed by atoms with Gasteiger partial charge in [0.15, 0.2) is 0 Å². The van der Waals surface area contributed by atoms with E-state index in [-0.39, 0.29) is 29.9 Å². The Kier molecular flexibility index (Phi) is 3.14. The van der Waals surface area contributed by atoms with E-state index in [2.05, 4.69) is 10.6 Å². The fraction of sp³-hybridized carbons (Fsp3) is 0.818. The number of amides is 2. The molecule has 1 atom stereocenters. The highest BCUT2D eigenvalue weighted by Gasteiger charge is 2.39. The summed E-state index contributed by atoms with van der Waals surface area (Å²) in [5.74, 6) is -0.153. The Morgan fingerprint density at radius 3 is 2.75 bits per heavy atom. The van der Waals surface area contributed by atoms with Crippen LogP contribution in [-0.2, 0) is 9.59 Å². The molecule has 0 bridgehead atoms. The van der Waals surface area contributed by atoms with E-state index < -0.39 is 0 Å². The molecule has 5 heteroatoms. The molecule has 2 rings (SSSR count). The molecule has 1 unspecified atom stereocenters. The quantitative estimate of drug-likeness (QED) is 0.609. The summed E-state index contributed by atoms with van der Waals surface area (Å²) in [7, 11) is 0. The molecule has 0 aromatic rings. The standard InChI is InChI=1S/C11H18N2O3/c14-7-11(4-1-5-11)13-10(16)8-2-3-9(15)12-6-8/h8,14H,1-7H2,(H,12,15)(H,13,16). The average Bonchev–Trinajstić information content (AvgIpc) is 2.24. The topological polar surface area (TPSA) is 78.4 Å². The Bertz CT molecular complexity index is 284. The predicted octanol–water partition coefficient (Wildman–Crippen LogP) is -0.456. The van der Waals surface area contributed by atoms with Crippen LogP contribution in [0.5, 0.6) is 0 Å². The zero-order chi connectivity index (χ0) is 11.6. The van der Waals surface area contributed by atoms with Gasteiger partial charge in [0.2, 0.25) is 11.8 Å². The summed E-state index contributed by atoms with van der Waals surface area (Å²) in [6, 6.07) is 0. The minimum Gasteiger partial charge on any atom is -0.394 e. The fourth-order valence-corrected chi connectivity index (χ4v) is 2.25. The monoisotopic (exact) mass is 226 g/mol. The molecule has 0 aromatic carbocycles. The zero-order valence-electron chi connectivity index (χ0n) is 9.29. The number of rotatable bonds is 3. The van der Waals surface area contributed by atoms with E-state index in [1.807, 2.05) is 0 Å². The maximum absolute atomic E-state index is 11.9. The van der Waals surface area contributed by atoms with Crippen molar-refractivity contribution in [2.24, 2.45) is 5.92 Å². The molecule has 0 spiro atoms. The number of piperidine rings is 1. The van der Waals surface area contributed by atoms with Gasteiger partial charge in [0.25, 0.3) is 0 Å². The third-order valence-electron chi connectivity index (χ3n) is 3.64. The summed E-state index contributed by atoms with van der Waals surface area (Å²) in [6.45, 7) is 0.435. The van der Waals surface area contributed by atoms with E-state index in [0.29, 0.717) is 19.4 Å². The second-order valence-electron chi connectivity index (χ2n) is 4.82. The van der Waals surface area contributed by atoms with Crippen molar-refractivity contribution in [2.75, 3.05) is 13.2 Å². The lowest BCUT2D eigenvalue weighted by Crippen LogP contribution is -2.58. The van der Waals surface area contributed by atoms with Crippen molar-refractivity contribution in [3.05, 3.63) is 0 Å². The molecule has 16 heavy (non-hydrogen) atoms. The van der Waals surface area contributed by atoms with Gasteiger partial charge in [-0.05, 0) is 25.7 Å². The van der Waals surface area contributed by atoms with Gasteiger partial charge in [-0.1, -0.05) is 0 Å². The first-order valence-electron chi connectivity index (χ1n) is 5.85. The van der Waals surface area contributed by atoms with Crippen molar-refractivity contribution in [1.29, 1.82) is 0 Å². The Morgan fingerprint density at radius 2 is 2.31 bits per heavy atom. The van der Waals surface area contributed by atoms with E-state index in [9.17, 15) is 14.7 Å². The smallest absolute Gasteiger partial charge is 0.225 e. The van der Waals surface area contributed by atoms with Gasteiger partial charge in [-0.15, -0.1) is 0 Å². The molecule has 0 radical (unpaired) electrons. The van der Waals surface area contributed by atoms with Crippen molar-refractivity contribution in [3.63, 3.8) is 0 Å². The molecule has 5 nitrogen and oxygen atoms in total. The van der Waals surface area contributed by atoms with Gasteiger partial charge in [-0.2, -0.15) is 0 Å². The van der Waals surface area contributed by atoms with E-state index in [1.165, 1.54) is 0 Å². The normalized spacial score (nSPS) is 27.8. The van der Waals surface area contributed by atoms with Gasteiger partial charge in [0.1, 0.15) is 0 Å². The molecule has 90 valence electrons. The number of carbonyl (C=O) groups excluding carboxylic acids is 2. The first-order valence-corrected chi connectivity index (χ1v) is 5.85. The lowest BCUT2D eigenvalue weighted by molar-refractivity contribution is -0.131. The molecule has 0 aromatic heterocycles. The van der Waals surface area contributed by atoms with Crippen LogP contribution in [0.2, 0.25) is 0 Å². The summed E-state index contributed by atoms with van der Waals surface area (Å²) >= 11 is 0. The maximum Gasteiger partial charge on any atom is 0.225 e. The lowest BCUT2D eigenvalue weighted by atomic mass is 9.77. The molecular formula is C11H18N2O3. The van der Waals surface area contributed by atoms with E-state index in [4.69, 9.17) is 0 Å². The van der Waals surface area contributed by atoms with Crippen LogP contribution >= 0.6 is 0 Å². The molecular weight excluding hydrogens is 208 g/mol.